The number of unbranched alkanes of at least 4 members (excludes halogenated alkanes) is 1. The summed E-state index contributed by atoms with van der Waals surface area (Å²) in [6.45, 7) is 2.59. The molecule has 0 saturated carbocycles. The van der Waals surface area contributed by atoms with Crippen LogP contribution in [0.1, 0.15) is 31.9 Å². The van der Waals surface area contributed by atoms with Crippen molar-refractivity contribution in [2.45, 2.75) is 32.6 Å². The van der Waals surface area contributed by atoms with Crippen LogP contribution in [0.3, 0.4) is 0 Å². The van der Waals surface area contributed by atoms with E-state index in [1.807, 2.05) is 43.5 Å². The minimum Gasteiger partial charge on any atom is -0.356 e. The Morgan fingerprint density at radius 3 is 2.80 bits per heavy atom. The van der Waals surface area contributed by atoms with Crippen LogP contribution in [0.25, 0.3) is 5.69 Å². The summed E-state index contributed by atoms with van der Waals surface area (Å²) in [4.78, 5) is 11.1. The minimum atomic E-state index is 0.111. The van der Waals surface area contributed by atoms with Crippen molar-refractivity contribution in [1.82, 2.24) is 20.3 Å². The van der Waals surface area contributed by atoms with Crippen LogP contribution in [0, 0.1) is 0 Å². The lowest BCUT2D eigenvalue weighted by molar-refractivity contribution is -0.120. The van der Waals surface area contributed by atoms with Gasteiger partial charge in [-0.15, -0.1) is 5.10 Å². The highest BCUT2D eigenvalue weighted by Gasteiger charge is 2.02. The quantitative estimate of drug-likeness (QED) is 0.785. The normalized spacial score (nSPS) is 10.4. The lowest BCUT2D eigenvalue weighted by Crippen LogP contribution is -2.23. The number of carbonyl (C=O) groups excluding carboxylic acids is 1. The zero-order valence-corrected chi connectivity index (χ0v) is 11.7. The fraction of sp³-hybridized carbons (Fsp3) is 0.400. The van der Waals surface area contributed by atoms with Gasteiger partial charge in [-0.3, -0.25) is 4.79 Å². The summed E-state index contributed by atoms with van der Waals surface area (Å²) in [6.07, 6.45) is 5.35. The van der Waals surface area contributed by atoms with E-state index in [0.717, 1.165) is 37.2 Å². The summed E-state index contributed by atoms with van der Waals surface area (Å²) >= 11 is 0. The number of carbonyl (C=O) groups is 1. The Bertz CT molecular complexity index is 536. The SMILES string of the molecule is CCC(=O)NCCCCc1cn(-c2ccccc2)nn1. The Labute approximate surface area is 119 Å². The molecular weight excluding hydrogens is 252 g/mol. The second kappa shape index (κ2) is 7.43. The van der Waals surface area contributed by atoms with E-state index in [2.05, 4.69) is 15.6 Å². The van der Waals surface area contributed by atoms with E-state index in [4.69, 9.17) is 0 Å². The Morgan fingerprint density at radius 2 is 2.05 bits per heavy atom. The van der Waals surface area contributed by atoms with Gasteiger partial charge in [0.2, 0.25) is 5.91 Å². The molecule has 0 radical (unpaired) electrons. The molecule has 2 aromatic rings. The van der Waals surface area contributed by atoms with Crippen molar-refractivity contribution in [3.8, 4) is 5.69 Å². The van der Waals surface area contributed by atoms with Gasteiger partial charge in [-0.1, -0.05) is 30.3 Å². The summed E-state index contributed by atoms with van der Waals surface area (Å²) in [5.41, 5.74) is 2.00. The predicted octanol–water partition coefficient (Wildman–Crippen LogP) is 2.12. The minimum absolute atomic E-state index is 0.111. The van der Waals surface area contributed by atoms with Gasteiger partial charge < -0.3 is 5.32 Å². The largest absolute Gasteiger partial charge is 0.356 e. The second-order valence-electron chi connectivity index (χ2n) is 4.65. The molecular formula is C15H20N4O. The van der Waals surface area contributed by atoms with Crippen LogP contribution in [0.5, 0.6) is 0 Å². The lowest BCUT2D eigenvalue weighted by atomic mass is 10.2. The van der Waals surface area contributed by atoms with Crippen LogP contribution in [0.4, 0.5) is 0 Å². The van der Waals surface area contributed by atoms with Gasteiger partial charge in [0.25, 0.3) is 0 Å². The standard InChI is InChI=1S/C15H20N4O/c1-2-15(20)16-11-7-6-8-13-12-19(18-17-13)14-9-4-3-5-10-14/h3-5,9-10,12H,2,6-8,11H2,1H3,(H,16,20). The topological polar surface area (TPSA) is 59.8 Å². The van der Waals surface area contributed by atoms with Gasteiger partial charge >= 0.3 is 0 Å². The first-order valence-corrected chi connectivity index (χ1v) is 7.03. The first kappa shape index (κ1) is 14.2. The van der Waals surface area contributed by atoms with Gasteiger partial charge in [-0.2, -0.15) is 0 Å². The smallest absolute Gasteiger partial charge is 0.219 e. The highest BCUT2D eigenvalue weighted by molar-refractivity contribution is 5.75. The second-order valence-corrected chi connectivity index (χ2v) is 4.65. The maximum absolute atomic E-state index is 11.1. The number of aryl methyl sites for hydroxylation is 1. The van der Waals surface area contributed by atoms with Gasteiger partial charge in [0.15, 0.2) is 0 Å². The Balaban J connectivity index is 1.75. The molecule has 0 atom stereocenters. The molecule has 0 aliphatic carbocycles. The molecule has 1 N–H and O–H groups in total. The van der Waals surface area contributed by atoms with E-state index in [1.54, 1.807) is 4.68 Å². The van der Waals surface area contributed by atoms with E-state index in [-0.39, 0.29) is 5.91 Å². The Morgan fingerprint density at radius 1 is 1.25 bits per heavy atom. The van der Waals surface area contributed by atoms with Crippen LogP contribution in [0.2, 0.25) is 0 Å². The van der Waals surface area contributed by atoms with Gasteiger partial charge in [0, 0.05) is 13.0 Å². The highest BCUT2D eigenvalue weighted by atomic mass is 16.1. The van der Waals surface area contributed by atoms with E-state index >= 15 is 0 Å². The molecule has 0 fully saturated rings. The highest BCUT2D eigenvalue weighted by Crippen LogP contribution is 2.07. The number of hydrogen-bond acceptors (Lipinski definition) is 3. The average molecular weight is 272 g/mol. The third-order valence-corrected chi connectivity index (χ3v) is 3.06. The molecule has 0 aliphatic rings. The van der Waals surface area contributed by atoms with Crippen LogP contribution in [-0.4, -0.2) is 27.4 Å². The molecule has 5 heteroatoms. The first-order chi connectivity index (χ1) is 9.79. The molecule has 106 valence electrons. The summed E-state index contributed by atoms with van der Waals surface area (Å²) in [5, 5.41) is 11.2. The van der Waals surface area contributed by atoms with Gasteiger partial charge in [-0.05, 0) is 31.4 Å². The summed E-state index contributed by atoms with van der Waals surface area (Å²) in [5.74, 6) is 0.111. The summed E-state index contributed by atoms with van der Waals surface area (Å²) in [7, 11) is 0. The molecule has 1 aromatic carbocycles. The number of para-hydroxylation sites is 1. The molecule has 0 aliphatic heterocycles. The van der Waals surface area contributed by atoms with Gasteiger partial charge in [-0.25, -0.2) is 4.68 Å². The molecule has 1 aromatic heterocycles. The molecule has 5 nitrogen and oxygen atoms in total. The fourth-order valence-electron chi connectivity index (χ4n) is 1.90. The maximum atomic E-state index is 11.1. The number of rotatable bonds is 7. The molecule has 0 unspecified atom stereocenters. The van der Waals surface area contributed by atoms with Crippen molar-refractivity contribution in [3.05, 3.63) is 42.2 Å². The zero-order chi connectivity index (χ0) is 14.2. The van der Waals surface area contributed by atoms with Crippen LogP contribution < -0.4 is 5.32 Å². The molecule has 0 spiro atoms. The molecule has 0 saturated heterocycles. The van der Waals surface area contributed by atoms with E-state index in [1.165, 1.54) is 0 Å². The van der Waals surface area contributed by atoms with Crippen LogP contribution in [0.15, 0.2) is 36.5 Å². The zero-order valence-electron chi connectivity index (χ0n) is 11.7. The number of aromatic nitrogens is 3. The van der Waals surface area contributed by atoms with E-state index in [0.29, 0.717) is 6.42 Å². The van der Waals surface area contributed by atoms with Crippen molar-refractivity contribution >= 4 is 5.91 Å². The first-order valence-electron chi connectivity index (χ1n) is 7.03. The molecule has 0 bridgehead atoms. The van der Waals surface area contributed by atoms with Crippen molar-refractivity contribution in [3.63, 3.8) is 0 Å². The molecule has 1 heterocycles. The van der Waals surface area contributed by atoms with Crippen molar-refractivity contribution in [1.29, 1.82) is 0 Å². The van der Waals surface area contributed by atoms with E-state index < -0.39 is 0 Å². The van der Waals surface area contributed by atoms with Gasteiger partial charge in [0.05, 0.1) is 17.6 Å². The van der Waals surface area contributed by atoms with E-state index in [9.17, 15) is 4.79 Å². The predicted molar refractivity (Wildman–Crippen MR) is 77.6 cm³/mol. The molecule has 1 amide bonds. The average Bonchev–Trinajstić information content (AvgIpc) is 2.96. The third kappa shape index (κ3) is 4.19. The van der Waals surface area contributed by atoms with Crippen LogP contribution in [-0.2, 0) is 11.2 Å². The summed E-state index contributed by atoms with van der Waals surface area (Å²) < 4.78 is 1.79. The van der Waals surface area contributed by atoms with Gasteiger partial charge in [0.1, 0.15) is 0 Å². The number of benzene rings is 1. The summed E-state index contributed by atoms with van der Waals surface area (Å²) in [6, 6.07) is 9.93. The number of nitrogens with one attached hydrogen (secondary N) is 1. The van der Waals surface area contributed by atoms with Crippen LogP contribution >= 0.6 is 0 Å². The van der Waals surface area contributed by atoms with Crippen molar-refractivity contribution < 1.29 is 4.79 Å². The Kier molecular flexibility index (Phi) is 5.29. The maximum Gasteiger partial charge on any atom is 0.219 e. The Hall–Kier alpha value is -2.17. The fourth-order valence-corrected chi connectivity index (χ4v) is 1.90. The molecule has 20 heavy (non-hydrogen) atoms. The van der Waals surface area contributed by atoms with Crippen molar-refractivity contribution in [2.24, 2.45) is 0 Å². The monoisotopic (exact) mass is 272 g/mol. The lowest BCUT2D eigenvalue weighted by Gasteiger charge is -2.01. The molecule has 2 rings (SSSR count). The van der Waals surface area contributed by atoms with Crippen molar-refractivity contribution in [2.75, 3.05) is 6.54 Å². The number of amides is 1. The number of nitrogens with zero attached hydrogens (tertiary/aromatic N) is 3. The number of hydrogen-bond donors (Lipinski definition) is 1. The third-order valence-electron chi connectivity index (χ3n) is 3.06.